The minimum Gasteiger partial charge on any atom is -0.444 e. The van der Waals surface area contributed by atoms with E-state index in [0.29, 0.717) is 6.42 Å². The minimum absolute atomic E-state index is 0.139. The van der Waals surface area contributed by atoms with Crippen molar-refractivity contribution < 1.29 is 14.3 Å². The van der Waals surface area contributed by atoms with E-state index in [1.807, 2.05) is 60.7 Å². The molecule has 0 aliphatic carbocycles. The molecule has 0 saturated heterocycles. The largest absolute Gasteiger partial charge is 0.444 e. The highest BCUT2D eigenvalue weighted by Gasteiger charge is 2.22. The van der Waals surface area contributed by atoms with Crippen LogP contribution in [-0.4, -0.2) is 16.9 Å². The summed E-state index contributed by atoms with van der Waals surface area (Å²) in [6, 6.07) is 18.8. The molecule has 2 amide bonds. The molecule has 124 valence electrons. The van der Waals surface area contributed by atoms with Gasteiger partial charge in [0.25, 0.3) is 0 Å². The monoisotopic (exact) mass is 323 g/mol. The molecule has 2 aromatic carbocycles. The van der Waals surface area contributed by atoms with Crippen molar-refractivity contribution >= 4 is 12.0 Å². The number of benzene rings is 2. The van der Waals surface area contributed by atoms with E-state index in [-0.39, 0.29) is 25.5 Å². The summed E-state index contributed by atoms with van der Waals surface area (Å²) < 4.78 is 5.30. The van der Waals surface area contributed by atoms with Crippen LogP contribution in [0.5, 0.6) is 0 Å². The Kier molecular flexibility index (Phi) is 6.77. The van der Waals surface area contributed by atoms with Gasteiger partial charge in [-0.2, -0.15) is 0 Å². The third kappa shape index (κ3) is 5.39. The molecule has 0 bridgehead atoms. The maximum Gasteiger partial charge on any atom is 0.417 e. The first-order valence-electron chi connectivity index (χ1n) is 7.86. The maximum atomic E-state index is 12.4. The highest BCUT2D eigenvalue weighted by atomic mass is 16.6. The smallest absolute Gasteiger partial charge is 0.417 e. The van der Waals surface area contributed by atoms with Crippen LogP contribution in [0.25, 0.3) is 0 Å². The summed E-state index contributed by atoms with van der Waals surface area (Å²) in [6.07, 6.45) is 1.79. The van der Waals surface area contributed by atoms with E-state index in [1.165, 1.54) is 0 Å². The van der Waals surface area contributed by atoms with Crippen molar-refractivity contribution in [2.24, 2.45) is 0 Å². The van der Waals surface area contributed by atoms with E-state index < -0.39 is 6.09 Å². The quantitative estimate of drug-likeness (QED) is 0.713. The normalized spacial score (nSPS) is 10.0. The lowest BCUT2D eigenvalue weighted by molar-refractivity contribution is -0.130. The van der Waals surface area contributed by atoms with E-state index in [2.05, 4.69) is 6.58 Å². The zero-order valence-electron chi connectivity index (χ0n) is 13.6. The Labute approximate surface area is 142 Å². The molecule has 0 N–H and O–H groups in total. The zero-order chi connectivity index (χ0) is 17.2. The summed E-state index contributed by atoms with van der Waals surface area (Å²) in [5.74, 6) is -0.267. The van der Waals surface area contributed by atoms with Crippen molar-refractivity contribution in [3.63, 3.8) is 0 Å². The first kappa shape index (κ1) is 17.5. The second-order valence-electron chi connectivity index (χ2n) is 5.33. The van der Waals surface area contributed by atoms with Gasteiger partial charge in [-0.05, 0) is 17.5 Å². The topological polar surface area (TPSA) is 46.6 Å². The van der Waals surface area contributed by atoms with Crippen LogP contribution in [0.1, 0.15) is 24.0 Å². The molecular formula is C20H21NO3. The van der Waals surface area contributed by atoms with Gasteiger partial charge in [-0.25, -0.2) is 9.69 Å². The molecule has 4 heteroatoms. The van der Waals surface area contributed by atoms with Gasteiger partial charge in [0, 0.05) is 6.42 Å². The van der Waals surface area contributed by atoms with Crippen molar-refractivity contribution in [1.29, 1.82) is 0 Å². The summed E-state index contributed by atoms with van der Waals surface area (Å²) >= 11 is 0. The Morgan fingerprint density at radius 3 is 2.12 bits per heavy atom. The minimum atomic E-state index is -0.628. The van der Waals surface area contributed by atoms with E-state index >= 15 is 0 Å². The van der Waals surface area contributed by atoms with Crippen LogP contribution in [0.15, 0.2) is 73.3 Å². The Bertz CT molecular complexity index is 668. The van der Waals surface area contributed by atoms with Crippen molar-refractivity contribution in [3.05, 3.63) is 84.4 Å². The van der Waals surface area contributed by atoms with E-state index in [9.17, 15) is 9.59 Å². The van der Waals surface area contributed by atoms with Gasteiger partial charge in [-0.1, -0.05) is 66.7 Å². The SMILES string of the molecule is C=CCCC(=O)N(Cc1ccccc1)C(=O)OCc1ccccc1. The first-order chi connectivity index (χ1) is 11.7. The van der Waals surface area contributed by atoms with Gasteiger partial charge < -0.3 is 4.74 Å². The standard InChI is InChI=1S/C20H21NO3/c1-2-3-14-19(22)21(15-17-10-6-4-7-11-17)20(23)24-16-18-12-8-5-9-13-18/h2,4-13H,1,3,14-16H2. The number of allylic oxidation sites excluding steroid dienone is 1. The van der Waals surface area contributed by atoms with Crippen LogP contribution in [0.4, 0.5) is 4.79 Å². The number of amides is 2. The fraction of sp³-hybridized carbons (Fsp3) is 0.200. The van der Waals surface area contributed by atoms with Gasteiger partial charge in [0.05, 0.1) is 6.54 Å². The van der Waals surface area contributed by atoms with E-state index in [4.69, 9.17) is 4.74 Å². The molecule has 2 aromatic rings. The van der Waals surface area contributed by atoms with Crippen LogP contribution < -0.4 is 0 Å². The second-order valence-corrected chi connectivity index (χ2v) is 5.33. The Hall–Kier alpha value is -2.88. The van der Waals surface area contributed by atoms with Crippen LogP contribution in [0.2, 0.25) is 0 Å². The van der Waals surface area contributed by atoms with Crippen LogP contribution in [-0.2, 0) is 22.7 Å². The Morgan fingerprint density at radius 2 is 1.54 bits per heavy atom. The lowest BCUT2D eigenvalue weighted by Crippen LogP contribution is -2.36. The molecular weight excluding hydrogens is 302 g/mol. The summed E-state index contributed by atoms with van der Waals surface area (Å²) in [4.78, 5) is 25.9. The molecule has 0 aliphatic heterocycles. The van der Waals surface area contributed by atoms with Crippen LogP contribution >= 0.6 is 0 Å². The van der Waals surface area contributed by atoms with Crippen molar-refractivity contribution in [2.45, 2.75) is 26.0 Å². The fourth-order valence-corrected chi connectivity index (χ4v) is 2.18. The summed E-state index contributed by atoms with van der Waals surface area (Å²) in [5.41, 5.74) is 1.75. The van der Waals surface area contributed by atoms with Gasteiger partial charge in [0.15, 0.2) is 0 Å². The van der Waals surface area contributed by atoms with Gasteiger partial charge in [0.1, 0.15) is 6.61 Å². The molecule has 0 aromatic heterocycles. The summed E-state index contributed by atoms with van der Waals surface area (Å²) in [6.45, 7) is 3.95. The predicted molar refractivity (Wildman–Crippen MR) is 93.1 cm³/mol. The van der Waals surface area contributed by atoms with Crippen molar-refractivity contribution in [1.82, 2.24) is 4.90 Å². The third-order valence-corrected chi connectivity index (χ3v) is 3.47. The molecule has 2 rings (SSSR count). The number of carbonyl (C=O) groups excluding carboxylic acids is 2. The average molecular weight is 323 g/mol. The lowest BCUT2D eigenvalue weighted by atomic mass is 10.2. The van der Waals surface area contributed by atoms with Crippen molar-refractivity contribution in [3.8, 4) is 0 Å². The van der Waals surface area contributed by atoms with Gasteiger partial charge >= 0.3 is 6.09 Å². The molecule has 0 saturated carbocycles. The average Bonchev–Trinajstić information content (AvgIpc) is 2.64. The van der Waals surface area contributed by atoms with Gasteiger partial charge in [-0.15, -0.1) is 6.58 Å². The second kappa shape index (κ2) is 9.30. The third-order valence-electron chi connectivity index (χ3n) is 3.47. The Balaban J connectivity index is 2.04. The van der Waals surface area contributed by atoms with Crippen LogP contribution in [0.3, 0.4) is 0 Å². The number of hydrogen-bond acceptors (Lipinski definition) is 3. The summed E-state index contributed by atoms with van der Waals surface area (Å²) in [7, 11) is 0. The number of ether oxygens (including phenoxy) is 1. The first-order valence-corrected chi connectivity index (χ1v) is 7.86. The zero-order valence-corrected chi connectivity index (χ0v) is 13.6. The Morgan fingerprint density at radius 1 is 0.958 bits per heavy atom. The molecule has 4 nitrogen and oxygen atoms in total. The highest BCUT2D eigenvalue weighted by molar-refractivity contribution is 5.91. The van der Waals surface area contributed by atoms with E-state index in [0.717, 1.165) is 16.0 Å². The number of nitrogens with zero attached hydrogens (tertiary/aromatic N) is 1. The number of rotatable bonds is 7. The number of imide groups is 1. The number of hydrogen-bond donors (Lipinski definition) is 0. The molecule has 0 aliphatic rings. The highest BCUT2D eigenvalue weighted by Crippen LogP contribution is 2.11. The van der Waals surface area contributed by atoms with Crippen molar-refractivity contribution in [2.75, 3.05) is 0 Å². The fourth-order valence-electron chi connectivity index (χ4n) is 2.18. The lowest BCUT2D eigenvalue weighted by Gasteiger charge is -2.20. The maximum absolute atomic E-state index is 12.4. The molecule has 0 fully saturated rings. The molecule has 0 heterocycles. The van der Waals surface area contributed by atoms with Crippen LogP contribution in [0, 0.1) is 0 Å². The molecule has 0 atom stereocenters. The molecule has 24 heavy (non-hydrogen) atoms. The molecule has 0 radical (unpaired) electrons. The van der Waals surface area contributed by atoms with Gasteiger partial charge in [0.2, 0.25) is 5.91 Å². The predicted octanol–water partition coefficient (Wildman–Crippen LogP) is 4.32. The molecule has 0 unspecified atom stereocenters. The van der Waals surface area contributed by atoms with Gasteiger partial charge in [-0.3, -0.25) is 4.79 Å². The molecule has 0 spiro atoms. The van der Waals surface area contributed by atoms with E-state index in [1.54, 1.807) is 6.08 Å². The number of carbonyl (C=O) groups is 2. The summed E-state index contributed by atoms with van der Waals surface area (Å²) in [5, 5.41) is 0.